The van der Waals surface area contributed by atoms with Gasteiger partial charge in [0, 0.05) is 4.88 Å². The van der Waals surface area contributed by atoms with Crippen LogP contribution >= 0.6 is 11.3 Å². The standard InChI is InChI=1S/C8H13NS/c1-2-8-5-7(3-4-9)6-10-8/h5-6H,2-4,9H2,1H3. The van der Waals surface area contributed by atoms with Crippen molar-refractivity contribution in [2.24, 2.45) is 5.73 Å². The van der Waals surface area contributed by atoms with Gasteiger partial charge in [0.1, 0.15) is 0 Å². The molecule has 0 radical (unpaired) electrons. The van der Waals surface area contributed by atoms with E-state index < -0.39 is 0 Å². The number of hydrogen-bond acceptors (Lipinski definition) is 2. The van der Waals surface area contributed by atoms with Gasteiger partial charge in [-0.1, -0.05) is 6.92 Å². The van der Waals surface area contributed by atoms with Crippen LogP contribution < -0.4 is 5.73 Å². The van der Waals surface area contributed by atoms with E-state index in [0.29, 0.717) is 0 Å². The Bertz CT molecular complexity index is 193. The molecule has 10 heavy (non-hydrogen) atoms. The van der Waals surface area contributed by atoms with E-state index in [-0.39, 0.29) is 0 Å². The van der Waals surface area contributed by atoms with Crippen LogP contribution in [0, 0.1) is 0 Å². The van der Waals surface area contributed by atoms with E-state index in [2.05, 4.69) is 18.4 Å². The first-order valence-electron chi connectivity index (χ1n) is 3.63. The molecular weight excluding hydrogens is 142 g/mol. The van der Waals surface area contributed by atoms with Gasteiger partial charge in [0.05, 0.1) is 0 Å². The molecule has 0 fully saturated rings. The Morgan fingerprint density at radius 3 is 2.90 bits per heavy atom. The van der Waals surface area contributed by atoms with E-state index in [4.69, 9.17) is 5.73 Å². The number of rotatable bonds is 3. The summed E-state index contributed by atoms with van der Waals surface area (Å²) in [6, 6.07) is 2.25. The van der Waals surface area contributed by atoms with E-state index >= 15 is 0 Å². The average molecular weight is 155 g/mol. The normalized spacial score (nSPS) is 10.2. The molecule has 0 saturated carbocycles. The topological polar surface area (TPSA) is 26.0 Å². The summed E-state index contributed by atoms with van der Waals surface area (Å²) in [5.74, 6) is 0. The Hall–Kier alpha value is -0.340. The smallest absolute Gasteiger partial charge is 0.00453 e. The first-order valence-corrected chi connectivity index (χ1v) is 4.51. The van der Waals surface area contributed by atoms with Crippen LogP contribution in [0.5, 0.6) is 0 Å². The lowest BCUT2D eigenvalue weighted by atomic mass is 10.2. The van der Waals surface area contributed by atoms with Crippen molar-refractivity contribution in [3.63, 3.8) is 0 Å². The van der Waals surface area contributed by atoms with Crippen molar-refractivity contribution in [1.29, 1.82) is 0 Å². The summed E-state index contributed by atoms with van der Waals surface area (Å²) in [6.07, 6.45) is 2.17. The molecule has 1 aromatic rings. The molecule has 1 heterocycles. The third-order valence-corrected chi connectivity index (χ3v) is 2.62. The first kappa shape index (κ1) is 7.76. The molecule has 56 valence electrons. The SMILES string of the molecule is CCc1cc(CCN)cs1. The minimum atomic E-state index is 0.764. The monoisotopic (exact) mass is 155 g/mol. The lowest BCUT2D eigenvalue weighted by molar-refractivity contribution is 0.972. The number of nitrogens with two attached hydrogens (primary N) is 1. The number of aryl methyl sites for hydroxylation is 1. The molecule has 0 saturated heterocycles. The van der Waals surface area contributed by atoms with Crippen LogP contribution in [0.1, 0.15) is 17.4 Å². The van der Waals surface area contributed by atoms with Gasteiger partial charge in [-0.25, -0.2) is 0 Å². The van der Waals surface area contributed by atoms with Crippen molar-refractivity contribution in [3.8, 4) is 0 Å². The van der Waals surface area contributed by atoms with E-state index in [0.717, 1.165) is 19.4 Å². The largest absolute Gasteiger partial charge is 0.330 e. The zero-order valence-corrected chi connectivity index (χ0v) is 7.08. The van der Waals surface area contributed by atoms with Gasteiger partial charge >= 0.3 is 0 Å². The van der Waals surface area contributed by atoms with Gasteiger partial charge in [0.2, 0.25) is 0 Å². The van der Waals surface area contributed by atoms with Crippen LogP contribution in [0.25, 0.3) is 0 Å². The van der Waals surface area contributed by atoms with Crippen LogP contribution in [-0.4, -0.2) is 6.54 Å². The Morgan fingerprint density at radius 2 is 2.40 bits per heavy atom. The molecule has 0 unspecified atom stereocenters. The molecule has 0 bridgehead atoms. The zero-order valence-electron chi connectivity index (χ0n) is 6.26. The summed E-state index contributed by atoms with van der Waals surface area (Å²) in [4.78, 5) is 1.46. The van der Waals surface area contributed by atoms with Crippen LogP contribution in [0.2, 0.25) is 0 Å². The van der Waals surface area contributed by atoms with E-state index in [1.807, 2.05) is 11.3 Å². The highest BCUT2D eigenvalue weighted by Crippen LogP contribution is 2.14. The molecule has 0 amide bonds. The van der Waals surface area contributed by atoms with Gasteiger partial charge in [-0.3, -0.25) is 0 Å². The second kappa shape index (κ2) is 3.74. The minimum absolute atomic E-state index is 0.764. The maximum absolute atomic E-state index is 5.42. The molecular formula is C8H13NS. The van der Waals surface area contributed by atoms with Gasteiger partial charge in [-0.05, 0) is 36.4 Å². The molecule has 2 N–H and O–H groups in total. The molecule has 0 spiro atoms. The highest BCUT2D eigenvalue weighted by atomic mass is 32.1. The molecule has 0 aliphatic heterocycles. The van der Waals surface area contributed by atoms with Crippen LogP contribution in [0.4, 0.5) is 0 Å². The van der Waals surface area contributed by atoms with Crippen LogP contribution in [-0.2, 0) is 12.8 Å². The highest BCUT2D eigenvalue weighted by Gasteiger charge is 1.95. The van der Waals surface area contributed by atoms with Crippen molar-refractivity contribution < 1.29 is 0 Å². The summed E-state index contributed by atoms with van der Waals surface area (Å²) >= 11 is 1.83. The fraction of sp³-hybridized carbons (Fsp3) is 0.500. The fourth-order valence-corrected chi connectivity index (χ4v) is 1.78. The summed E-state index contributed by atoms with van der Waals surface area (Å²) in [6.45, 7) is 2.94. The van der Waals surface area contributed by atoms with E-state index in [1.165, 1.54) is 10.4 Å². The molecule has 0 aliphatic rings. The Kier molecular flexibility index (Phi) is 2.90. The maximum atomic E-state index is 5.42. The number of hydrogen-bond donors (Lipinski definition) is 1. The Balaban J connectivity index is 2.59. The van der Waals surface area contributed by atoms with Gasteiger partial charge < -0.3 is 5.73 Å². The third-order valence-electron chi connectivity index (χ3n) is 1.49. The first-order chi connectivity index (χ1) is 4.86. The van der Waals surface area contributed by atoms with Crippen molar-refractivity contribution in [2.75, 3.05) is 6.54 Å². The van der Waals surface area contributed by atoms with Crippen molar-refractivity contribution in [1.82, 2.24) is 0 Å². The Labute approximate surface area is 65.9 Å². The van der Waals surface area contributed by atoms with Crippen molar-refractivity contribution in [2.45, 2.75) is 19.8 Å². The number of thiophene rings is 1. The quantitative estimate of drug-likeness (QED) is 0.708. The van der Waals surface area contributed by atoms with Gasteiger partial charge in [-0.2, -0.15) is 0 Å². The molecule has 2 heteroatoms. The van der Waals surface area contributed by atoms with E-state index in [1.54, 1.807) is 0 Å². The van der Waals surface area contributed by atoms with Crippen LogP contribution in [0.15, 0.2) is 11.4 Å². The lowest BCUT2D eigenvalue weighted by Crippen LogP contribution is -2.01. The molecule has 0 aliphatic carbocycles. The van der Waals surface area contributed by atoms with Crippen molar-refractivity contribution >= 4 is 11.3 Å². The highest BCUT2D eigenvalue weighted by molar-refractivity contribution is 7.10. The summed E-state index contributed by atoms with van der Waals surface area (Å²) in [5.41, 5.74) is 6.81. The maximum Gasteiger partial charge on any atom is 0.00453 e. The molecule has 0 aromatic carbocycles. The van der Waals surface area contributed by atoms with Crippen molar-refractivity contribution in [3.05, 3.63) is 21.9 Å². The summed E-state index contributed by atoms with van der Waals surface area (Å²) < 4.78 is 0. The minimum Gasteiger partial charge on any atom is -0.330 e. The lowest BCUT2D eigenvalue weighted by Gasteiger charge is -1.88. The molecule has 1 rings (SSSR count). The predicted octanol–water partition coefficient (Wildman–Crippen LogP) is 1.81. The Morgan fingerprint density at radius 1 is 1.60 bits per heavy atom. The van der Waals surface area contributed by atoms with Gasteiger partial charge in [0.25, 0.3) is 0 Å². The molecule has 1 aromatic heterocycles. The van der Waals surface area contributed by atoms with Gasteiger partial charge in [-0.15, -0.1) is 11.3 Å². The van der Waals surface area contributed by atoms with E-state index in [9.17, 15) is 0 Å². The zero-order chi connectivity index (χ0) is 7.40. The summed E-state index contributed by atoms with van der Waals surface area (Å²) in [5, 5.41) is 2.20. The van der Waals surface area contributed by atoms with Crippen LogP contribution in [0.3, 0.4) is 0 Å². The second-order valence-electron chi connectivity index (χ2n) is 2.31. The molecule has 1 nitrogen and oxygen atoms in total. The fourth-order valence-electron chi connectivity index (χ4n) is 0.909. The second-order valence-corrected chi connectivity index (χ2v) is 3.31. The molecule has 0 atom stereocenters. The van der Waals surface area contributed by atoms with Gasteiger partial charge in [0.15, 0.2) is 0 Å². The predicted molar refractivity (Wildman–Crippen MR) is 46.5 cm³/mol. The average Bonchev–Trinajstić information content (AvgIpc) is 2.37. The third kappa shape index (κ3) is 1.82. The summed E-state index contributed by atoms with van der Waals surface area (Å²) in [7, 11) is 0.